The maximum absolute atomic E-state index is 12.3. The first-order valence-electron chi connectivity index (χ1n) is 6.37. The lowest BCUT2D eigenvalue weighted by atomic mass is 9.68. The van der Waals surface area contributed by atoms with E-state index in [9.17, 15) is 14.4 Å². The summed E-state index contributed by atoms with van der Waals surface area (Å²) in [5.41, 5.74) is -1.41. The number of hydrogen-bond donors (Lipinski definition) is 1. The van der Waals surface area contributed by atoms with Crippen molar-refractivity contribution in [3.8, 4) is 0 Å². The molecule has 100 valence electrons. The van der Waals surface area contributed by atoms with Crippen LogP contribution in [0.2, 0.25) is 0 Å². The molecule has 2 amide bonds. The van der Waals surface area contributed by atoms with E-state index in [1.165, 1.54) is 0 Å². The molecule has 0 spiro atoms. The van der Waals surface area contributed by atoms with Gasteiger partial charge < -0.3 is 4.74 Å². The molecule has 0 unspecified atom stereocenters. The molecule has 2 atom stereocenters. The molecule has 2 rings (SSSR count). The van der Waals surface area contributed by atoms with Crippen molar-refractivity contribution in [1.29, 1.82) is 0 Å². The third kappa shape index (κ3) is 1.49. The number of imide groups is 1. The second-order valence-electron chi connectivity index (χ2n) is 5.66. The van der Waals surface area contributed by atoms with Crippen LogP contribution in [0.4, 0.5) is 4.79 Å². The van der Waals surface area contributed by atoms with Crippen molar-refractivity contribution in [2.75, 3.05) is 6.61 Å². The van der Waals surface area contributed by atoms with E-state index in [2.05, 4.69) is 5.32 Å². The molecule has 5 nitrogen and oxygen atoms in total. The number of ketones is 1. The van der Waals surface area contributed by atoms with E-state index in [-0.39, 0.29) is 23.7 Å². The highest BCUT2D eigenvalue weighted by atomic mass is 16.5. The number of rotatable bonds is 2. The van der Waals surface area contributed by atoms with Crippen LogP contribution < -0.4 is 5.32 Å². The predicted octanol–water partition coefficient (Wildman–Crippen LogP) is 1.65. The monoisotopic (exact) mass is 253 g/mol. The van der Waals surface area contributed by atoms with E-state index in [1.807, 2.05) is 13.8 Å². The van der Waals surface area contributed by atoms with Crippen molar-refractivity contribution in [3.05, 3.63) is 0 Å². The number of fused-ring (bicyclic) bond motifs is 2. The summed E-state index contributed by atoms with van der Waals surface area (Å²) in [6, 6.07) is 0. The molecule has 5 heteroatoms. The Morgan fingerprint density at radius 3 is 2.56 bits per heavy atom. The first kappa shape index (κ1) is 13.1. The van der Waals surface area contributed by atoms with Gasteiger partial charge in [-0.25, -0.2) is 4.79 Å². The summed E-state index contributed by atoms with van der Waals surface area (Å²) in [5, 5.41) is 2.21. The van der Waals surface area contributed by atoms with Crippen molar-refractivity contribution in [1.82, 2.24) is 5.32 Å². The van der Waals surface area contributed by atoms with E-state index in [0.29, 0.717) is 12.8 Å². The summed E-state index contributed by atoms with van der Waals surface area (Å²) in [6.07, 6.45) is 1.09. The van der Waals surface area contributed by atoms with Gasteiger partial charge in [-0.3, -0.25) is 14.9 Å². The van der Waals surface area contributed by atoms with E-state index in [1.54, 1.807) is 6.92 Å². The minimum atomic E-state index is -1.04. The largest absolute Gasteiger partial charge is 0.450 e. The molecule has 0 heterocycles. The maximum atomic E-state index is 12.3. The van der Waals surface area contributed by atoms with E-state index in [4.69, 9.17) is 4.74 Å². The van der Waals surface area contributed by atoms with Crippen molar-refractivity contribution >= 4 is 17.8 Å². The Kier molecular flexibility index (Phi) is 2.95. The molecule has 0 aromatic carbocycles. The van der Waals surface area contributed by atoms with E-state index < -0.39 is 17.4 Å². The standard InChI is InChI=1S/C13H19NO4/c1-4-18-11(17)14-10(16)13-6-5-8(7-9(13)15)12(13,2)3/h8H,4-7H2,1-3H3,(H,14,16,17)/t8-,13+/m1/s1. The Morgan fingerprint density at radius 2 is 2.11 bits per heavy atom. The Bertz CT molecular complexity index is 415. The van der Waals surface area contributed by atoms with E-state index >= 15 is 0 Å². The lowest BCUT2D eigenvalue weighted by Gasteiger charge is -2.34. The van der Waals surface area contributed by atoms with Gasteiger partial charge in [-0.15, -0.1) is 0 Å². The third-order valence-electron chi connectivity index (χ3n) is 4.77. The maximum Gasteiger partial charge on any atom is 0.413 e. The Labute approximate surface area is 106 Å². The van der Waals surface area contributed by atoms with Gasteiger partial charge in [0.1, 0.15) is 11.2 Å². The van der Waals surface area contributed by atoms with Crippen molar-refractivity contribution in [2.24, 2.45) is 16.7 Å². The fourth-order valence-electron chi connectivity index (χ4n) is 3.58. The zero-order valence-corrected chi connectivity index (χ0v) is 11.0. The van der Waals surface area contributed by atoms with Gasteiger partial charge in [-0.2, -0.15) is 0 Å². The van der Waals surface area contributed by atoms with Gasteiger partial charge in [0.05, 0.1) is 6.61 Å². The molecule has 18 heavy (non-hydrogen) atoms. The average molecular weight is 253 g/mol. The molecule has 2 bridgehead atoms. The fourth-order valence-corrected chi connectivity index (χ4v) is 3.58. The van der Waals surface area contributed by atoms with Crippen LogP contribution >= 0.6 is 0 Å². The van der Waals surface area contributed by atoms with Crippen LogP contribution in [0.3, 0.4) is 0 Å². The molecule has 2 fully saturated rings. The Morgan fingerprint density at radius 1 is 1.44 bits per heavy atom. The molecule has 0 radical (unpaired) electrons. The van der Waals surface area contributed by atoms with Gasteiger partial charge in [-0.05, 0) is 31.1 Å². The lowest BCUT2D eigenvalue weighted by Crippen LogP contribution is -2.51. The number of alkyl carbamates (subject to hydrolysis) is 1. The van der Waals surface area contributed by atoms with Crippen molar-refractivity contribution in [2.45, 2.75) is 40.0 Å². The summed E-state index contributed by atoms with van der Waals surface area (Å²) < 4.78 is 4.70. The summed E-state index contributed by atoms with van der Waals surface area (Å²) >= 11 is 0. The van der Waals surface area contributed by atoms with Gasteiger partial charge in [0.25, 0.3) is 0 Å². The molecule has 0 aromatic rings. The van der Waals surface area contributed by atoms with Crippen LogP contribution in [-0.2, 0) is 14.3 Å². The molecule has 2 aliphatic rings. The topological polar surface area (TPSA) is 72.5 Å². The number of carbonyl (C=O) groups excluding carboxylic acids is 3. The molecule has 2 saturated carbocycles. The highest BCUT2D eigenvalue weighted by Gasteiger charge is 2.68. The number of nitrogens with one attached hydrogen (secondary N) is 1. The third-order valence-corrected chi connectivity index (χ3v) is 4.77. The molecule has 0 aromatic heterocycles. The first-order chi connectivity index (χ1) is 8.36. The summed E-state index contributed by atoms with van der Waals surface area (Å²) in [6.45, 7) is 5.76. The van der Waals surface area contributed by atoms with Crippen LogP contribution in [0, 0.1) is 16.7 Å². The second kappa shape index (κ2) is 4.07. The number of ether oxygens (including phenoxy) is 1. The number of carbonyl (C=O) groups is 3. The Balaban J connectivity index is 2.23. The van der Waals surface area contributed by atoms with Gasteiger partial charge in [0.2, 0.25) is 5.91 Å². The van der Waals surface area contributed by atoms with Gasteiger partial charge in [0.15, 0.2) is 0 Å². The van der Waals surface area contributed by atoms with Crippen LogP contribution in [0.1, 0.15) is 40.0 Å². The average Bonchev–Trinajstić information content (AvgIpc) is 2.63. The smallest absolute Gasteiger partial charge is 0.413 e. The minimum Gasteiger partial charge on any atom is -0.450 e. The SMILES string of the molecule is CCOC(=O)NC(=O)[C@]12CC[C@H](CC1=O)C2(C)C. The zero-order valence-electron chi connectivity index (χ0n) is 11.0. The van der Waals surface area contributed by atoms with Crippen molar-refractivity contribution < 1.29 is 19.1 Å². The van der Waals surface area contributed by atoms with Crippen molar-refractivity contribution in [3.63, 3.8) is 0 Å². The van der Waals surface area contributed by atoms with Gasteiger partial charge >= 0.3 is 6.09 Å². The quantitative estimate of drug-likeness (QED) is 0.759. The summed E-state index contributed by atoms with van der Waals surface area (Å²) in [4.78, 5) is 35.8. The number of amides is 2. The fraction of sp³-hybridized carbons (Fsp3) is 0.769. The van der Waals surface area contributed by atoms with Crippen LogP contribution in [0.25, 0.3) is 0 Å². The molecule has 2 aliphatic carbocycles. The summed E-state index contributed by atoms with van der Waals surface area (Å²) in [7, 11) is 0. The first-order valence-corrected chi connectivity index (χ1v) is 6.37. The van der Waals surface area contributed by atoms with Crippen LogP contribution in [0.15, 0.2) is 0 Å². The zero-order chi connectivity index (χ0) is 13.6. The van der Waals surface area contributed by atoms with Crippen LogP contribution in [-0.4, -0.2) is 24.4 Å². The normalized spacial score (nSPS) is 32.4. The van der Waals surface area contributed by atoms with Crippen LogP contribution in [0.5, 0.6) is 0 Å². The predicted molar refractivity (Wildman–Crippen MR) is 63.7 cm³/mol. The second-order valence-corrected chi connectivity index (χ2v) is 5.66. The molecule has 0 aliphatic heterocycles. The highest BCUT2D eigenvalue weighted by Crippen LogP contribution is 2.63. The minimum absolute atomic E-state index is 0.0365. The molecule has 0 saturated heterocycles. The highest BCUT2D eigenvalue weighted by molar-refractivity contribution is 6.12. The molecular formula is C13H19NO4. The van der Waals surface area contributed by atoms with E-state index in [0.717, 1.165) is 6.42 Å². The number of Topliss-reactive ketones (excluding diaryl/α,β-unsaturated/α-hetero) is 1. The number of hydrogen-bond acceptors (Lipinski definition) is 4. The molecule has 1 N–H and O–H groups in total. The Hall–Kier alpha value is -1.39. The lowest BCUT2D eigenvalue weighted by molar-refractivity contribution is -0.144. The van der Waals surface area contributed by atoms with Gasteiger partial charge in [0, 0.05) is 6.42 Å². The van der Waals surface area contributed by atoms with Gasteiger partial charge in [-0.1, -0.05) is 13.8 Å². The molecular weight excluding hydrogens is 234 g/mol. The summed E-state index contributed by atoms with van der Waals surface area (Å²) in [5.74, 6) is -0.278.